The Labute approximate surface area is 111 Å². The molecule has 0 saturated heterocycles. The third-order valence-corrected chi connectivity index (χ3v) is 2.73. The van der Waals surface area contributed by atoms with E-state index in [2.05, 4.69) is 11.0 Å². The van der Waals surface area contributed by atoms with Crippen LogP contribution in [0, 0.1) is 11.3 Å². The van der Waals surface area contributed by atoms with E-state index in [9.17, 15) is 4.79 Å². The molecule has 0 radical (unpaired) electrons. The molecule has 4 nitrogen and oxygen atoms in total. The number of nitrogens with zero attached hydrogens (tertiary/aromatic N) is 2. The summed E-state index contributed by atoms with van der Waals surface area (Å²) in [6.07, 6.45) is 0.694. The van der Waals surface area contributed by atoms with E-state index in [4.69, 9.17) is 9.68 Å². The number of nitriles is 1. The maximum absolute atomic E-state index is 10.5. The molecule has 1 aromatic carbocycles. The van der Waals surface area contributed by atoms with Crippen LogP contribution in [0.5, 0.6) is 0 Å². The first kappa shape index (κ1) is 13.1. The molecule has 1 heterocycles. The Morgan fingerprint density at radius 3 is 2.84 bits per heavy atom. The van der Waals surface area contributed by atoms with Crippen molar-refractivity contribution < 1.29 is 9.21 Å². The van der Waals surface area contributed by atoms with Crippen LogP contribution in [0.4, 0.5) is 0 Å². The van der Waals surface area contributed by atoms with E-state index in [0.717, 1.165) is 11.3 Å². The second-order valence-corrected chi connectivity index (χ2v) is 4.41. The number of carbonyl (C=O) groups excluding carboxylic acids is 1. The molecule has 0 aliphatic rings. The largest absolute Gasteiger partial charge is 0.457 e. The zero-order valence-electron chi connectivity index (χ0n) is 10.7. The molecule has 2 rings (SSSR count). The molecule has 0 amide bonds. The zero-order chi connectivity index (χ0) is 13.7. The van der Waals surface area contributed by atoms with E-state index in [0.29, 0.717) is 30.7 Å². The zero-order valence-corrected chi connectivity index (χ0v) is 10.7. The molecule has 0 bridgehead atoms. The molecule has 19 heavy (non-hydrogen) atoms. The molecular formula is C15H14N2O2. The van der Waals surface area contributed by atoms with E-state index in [1.807, 2.05) is 25.2 Å². The lowest BCUT2D eigenvalue weighted by molar-refractivity contribution is 0.109. The molecule has 0 aliphatic carbocycles. The van der Waals surface area contributed by atoms with E-state index in [-0.39, 0.29) is 0 Å². The lowest BCUT2D eigenvalue weighted by Gasteiger charge is -2.15. The molecule has 1 aromatic heterocycles. The van der Waals surface area contributed by atoms with Gasteiger partial charge in [0.25, 0.3) is 0 Å². The highest BCUT2D eigenvalue weighted by molar-refractivity contribution is 5.70. The van der Waals surface area contributed by atoms with Crippen molar-refractivity contribution in [3.05, 3.63) is 59.0 Å². The highest BCUT2D eigenvalue weighted by atomic mass is 16.3. The van der Waals surface area contributed by atoms with Crippen LogP contribution in [0.1, 0.15) is 27.4 Å². The Bertz CT molecular complexity index is 611. The van der Waals surface area contributed by atoms with Gasteiger partial charge in [-0.1, -0.05) is 12.1 Å². The quantitative estimate of drug-likeness (QED) is 0.769. The predicted molar refractivity (Wildman–Crippen MR) is 70.4 cm³/mol. The number of aldehydes is 1. The van der Waals surface area contributed by atoms with Crippen molar-refractivity contribution in [3.63, 3.8) is 0 Å². The van der Waals surface area contributed by atoms with Gasteiger partial charge in [0, 0.05) is 6.54 Å². The van der Waals surface area contributed by atoms with Crippen LogP contribution in [0.25, 0.3) is 0 Å². The molecule has 0 N–H and O–H groups in total. The van der Waals surface area contributed by atoms with Gasteiger partial charge in [0.2, 0.25) is 0 Å². The fourth-order valence-electron chi connectivity index (χ4n) is 1.92. The standard InChI is InChI=1S/C15H14N2O2/c1-17(10-14-5-6-15(11-18)19-14)9-13-4-2-3-12(7-13)8-16/h2-7,11H,9-10H2,1H3. The summed E-state index contributed by atoms with van der Waals surface area (Å²) in [5, 5.41) is 8.85. The third kappa shape index (κ3) is 3.54. The van der Waals surface area contributed by atoms with Crippen molar-refractivity contribution in [1.82, 2.24) is 4.90 Å². The van der Waals surface area contributed by atoms with Crippen LogP contribution in [0.3, 0.4) is 0 Å². The first-order chi connectivity index (χ1) is 9.21. The topological polar surface area (TPSA) is 57.2 Å². The van der Waals surface area contributed by atoms with Crippen LogP contribution in [0.15, 0.2) is 40.8 Å². The molecule has 0 aliphatic heterocycles. The van der Waals surface area contributed by atoms with Crippen molar-refractivity contribution in [2.75, 3.05) is 7.05 Å². The minimum atomic E-state index is 0.342. The molecular weight excluding hydrogens is 240 g/mol. The SMILES string of the molecule is CN(Cc1cccc(C#N)c1)Cc1ccc(C=O)o1. The number of furan rings is 1. The number of hydrogen-bond donors (Lipinski definition) is 0. The molecule has 96 valence electrons. The average Bonchev–Trinajstić information content (AvgIpc) is 2.86. The van der Waals surface area contributed by atoms with Gasteiger partial charge in [-0.15, -0.1) is 0 Å². The lowest BCUT2D eigenvalue weighted by Crippen LogP contribution is -2.16. The minimum absolute atomic E-state index is 0.342. The molecule has 4 heteroatoms. The van der Waals surface area contributed by atoms with Crippen molar-refractivity contribution >= 4 is 6.29 Å². The van der Waals surface area contributed by atoms with Crippen LogP contribution < -0.4 is 0 Å². The maximum Gasteiger partial charge on any atom is 0.185 e. The van der Waals surface area contributed by atoms with Gasteiger partial charge in [-0.25, -0.2) is 0 Å². The molecule has 0 spiro atoms. The molecule has 0 atom stereocenters. The molecule has 0 saturated carbocycles. The first-order valence-corrected chi connectivity index (χ1v) is 5.93. The Kier molecular flexibility index (Phi) is 4.11. The minimum Gasteiger partial charge on any atom is -0.457 e. The Morgan fingerprint density at radius 2 is 2.16 bits per heavy atom. The van der Waals surface area contributed by atoms with Gasteiger partial charge >= 0.3 is 0 Å². The summed E-state index contributed by atoms with van der Waals surface area (Å²) >= 11 is 0. The lowest BCUT2D eigenvalue weighted by atomic mass is 10.1. The van der Waals surface area contributed by atoms with Gasteiger partial charge in [0.15, 0.2) is 12.0 Å². The van der Waals surface area contributed by atoms with Gasteiger partial charge in [-0.3, -0.25) is 9.69 Å². The molecule has 0 unspecified atom stereocenters. The van der Waals surface area contributed by atoms with Gasteiger partial charge in [0.1, 0.15) is 5.76 Å². The second-order valence-electron chi connectivity index (χ2n) is 4.41. The average molecular weight is 254 g/mol. The fourth-order valence-corrected chi connectivity index (χ4v) is 1.92. The van der Waals surface area contributed by atoms with Gasteiger partial charge in [0.05, 0.1) is 18.2 Å². The number of carbonyl (C=O) groups is 1. The van der Waals surface area contributed by atoms with Crippen molar-refractivity contribution in [2.24, 2.45) is 0 Å². The fraction of sp³-hybridized carbons (Fsp3) is 0.200. The summed E-state index contributed by atoms with van der Waals surface area (Å²) in [5.41, 5.74) is 1.73. The smallest absolute Gasteiger partial charge is 0.185 e. The number of benzene rings is 1. The number of rotatable bonds is 5. The first-order valence-electron chi connectivity index (χ1n) is 5.93. The Morgan fingerprint density at radius 1 is 1.32 bits per heavy atom. The normalized spacial score (nSPS) is 10.4. The summed E-state index contributed by atoms with van der Waals surface area (Å²) in [7, 11) is 1.96. The molecule has 2 aromatic rings. The van der Waals surface area contributed by atoms with E-state index in [1.165, 1.54) is 0 Å². The van der Waals surface area contributed by atoms with E-state index in [1.54, 1.807) is 18.2 Å². The highest BCUT2D eigenvalue weighted by Gasteiger charge is 2.06. The summed E-state index contributed by atoms with van der Waals surface area (Å²) in [6.45, 7) is 1.33. The summed E-state index contributed by atoms with van der Waals surface area (Å²) in [5.74, 6) is 1.09. The maximum atomic E-state index is 10.5. The second kappa shape index (κ2) is 5.98. The van der Waals surface area contributed by atoms with Gasteiger partial charge in [-0.2, -0.15) is 5.26 Å². The van der Waals surface area contributed by atoms with Crippen molar-refractivity contribution in [2.45, 2.75) is 13.1 Å². The van der Waals surface area contributed by atoms with E-state index < -0.39 is 0 Å². The van der Waals surface area contributed by atoms with Crippen molar-refractivity contribution in [3.8, 4) is 6.07 Å². The third-order valence-electron chi connectivity index (χ3n) is 2.73. The van der Waals surface area contributed by atoms with Crippen LogP contribution in [-0.2, 0) is 13.1 Å². The Balaban J connectivity index is 1.98. The van der Waals surface area contributed by atoms with Crippen molar-refractivity contribution in [1.29, 1.82) is 5.26 Å². The summed E-state index contributed by atoms with van der Waals surface area (Å²) < 4.78 is 5.32. The number of hydrogen-bond acceptors (Lipinski definition) is 4. The van der Waals surface area contributed by atoms with E-state index >= 15 is 0 Å². The summed E-state index contributed by atoms with van der Waals surface area (Å²) in [4.78, 5) is 12.6. The monoisotopic (exact) mass is 254 g/mol. The van der Waals surface area contributed by atoms with Crippen LogP contribution in [-0.4, -0.2) is 18.2 Å². The highest BCUT2D eigenvalue weighted by Crippen LogP contribution is 2.11. The summed E-state index contributed by atoms with van der Waals surface area (Å²) in [6, 6.07) is 13.1. The van der Waals surface area contributed by atoms with Gasteiger partial charge < -0.3 is 4.42 Å². The van der Waals surface area contributed by atoms with Crippen LogP contribution in [0.2, 0.25) is 0 Å². The van der Waals surface area contributed by atoms with Crippen LogP contribution >= 0.6 is 0 Å². The van der Waals surface area contributed by atoms with Gasteiger partial charge in [-0.05, 0) is 36.9 Å². The predicted octanol–water partition coefficient (Wildman–Crippen LogP) is 2.60. The molecule has 0 fully saturated rings. The Hall–Kier alpha value is -2.38.